The van der Waals surface area contributed by atoms with Crippen molar-refractivity contribution in [1.82, 2.24) is 0 Å². The minimum atomic E-state index is -0.861. The van der Waals surface area contributed by atoms with E-state index in [1.807, 2.05) is 6.07 Å². The van der Waals surface area contributed by atoms with Crippen molar-refractivity contribution in [3.63, 3.8) is 0 Å². The van der Waals surface area contributed by atoms with Crippen LogP contribution in [0.4, 0.5) is 0 Å². The number of carbonyl (C=O) groups excluding carboxylic acids is 1. The monoisotopic (exact) mass is 252 g/mol. The van der Waals surface area contributed by atoms with E-state index >= 15 is 0 Å². The first-order valence-corrected chi connectivity index (χ1v) is 5.69. The Bertz CT molecular complexity index is 378. The smallest absolute Gasteiger partial charge is 0.338 e. The zero-order valence-electron chi connectivity index (χ0n) is 10.3. The second-order valence-electron chi connectivity index (χ2n) is 4.19. The molecule has 1 aromatic carbocycles. The summed E-state index contributed by atoms with van der Waals surface area (Å²) in [7, 11) is 1.55. The predicted molar refractivity (Wildman–Crippen MR) is 63.2 cm³/mol. The Labute approximate surface area is 106 Å². The SMILES string of the molecule is COCC1(OC(=O)c2ccccc2)COCOC1. The van der Waals surface area contributed by atoms with Crippen molar-refractivity contribution < 1.29 is 23.7 Å². The van der Waals surface area contributed by atoms with Crippen LogP contribution < -0.4 is 0 Å². The van der Waals surface area contributed by atoms with Crippen molar-refractivity contribution in [3.05, 3.63) is 35.9 Å². The molecule has 0 bridgehead atoms. The molecule has 0 aliphatic carbocycles. The van der Waals surface area contributed by atoms with Crippen molar-refractivity contribution in [2.45, 2.75) is 5.60 Å². The van der Waals surface area contributed by atoms with Crippen LogP contribution in [-0.2, 0) is 18.9 Å². The molecule has 0 atom stereocenters. The molecule has 0 aromatic heterocycles. The number of ether oxygens (including phenoxy) is 4. The normalized spacial score (nSPS) is 18.3. The lowest BCUT2D eigenvalue weighted by atomic mass is 10.1. The number of hydrogen-bond donors (Lipinski definition) is 0. The summed E-state index contributed by atoms with van der Waals surface area (Å²) in [5, 5.41) is 0. The first kappa shape index (κ1) is 13.0. The van der Waals surface area contributed by atoms with Crippen LogP contribution in [0.2, 0.25) is 0 Å². The maximum Gasteiger partial charge on any atom is 0.338 e. The van der Waals surface area contributed by atoms with Gasteiger partial charge in [0.2, 0.25) is 0 Å². The van der Waals surface area contributed by atoms with Gasteiger partial charge in [0.15, 0.2) is 5.60 Å². The largest absolute Gasteiger partial charge is 0.448 e. The fourth-order valence-corrected chi connectivity index (χ4v) is 1.82. The third kappa shape index (κ3) is 3.07. The molecule has 1 aromatic rings. The molecular weight excluding hydrogens is 236 g/mol. The van der Waals surface area contributed by atoms with Gasteiger partial charge in [-0.3, -0.25) is 0 Å². The van der Waals surface area contributed by atoms with E-state index in [-0.39, 0.29) is 26.6 Å². The molecule has 0 spiro atoms. The standard InChI is InChI=1S/C13H16O5/c1-15-7-13(8-16-10-17-9-13)18-12(14)11-5-3-2-4-6-11/h2-6H,7-10H2,1H3. The summed E-state index contributed by atoms with van der Waals surface area (Å²) in [6, 6.07) is 8.82. The van der Waals surface area contributed by atoms with Gasteiger partial charge >= 0.3 is 5.97 Å². The second kappa shape index (κ2) is 5.95. The molecule has 0 radical (unpaired) electrons. The van der Waals surface area contributed by atoms with E-state index in [0.29, 0.717) is 5.56 Å². The Morgan fingerprint density at radius 1 is 1.28 bits per heavy atom. The number of benzene rings is 1. The van der Waals surface area contributed by atoms with Crippen molar-refractivity contribution in [3.8, 4) is 0 Å². The number of hydrogen-bond acceptors (Lipinski definition) is 5. The first-order chi connectivity index (χ1) is 8.76. The van der Waals surface area contributed by atoms with Gasteiger partial charge in [0, 0.05) is 7.11 Å². The average Bonchev–Trinajstić information content (AvgIpc) is 2.41. The lowest BCUT2D eigenvalue weighted by Gasteiger charge is -2.35. The lowest BCUT2D eigenvalue weighted by Crippen LogP contribution is -2.51. The van der Waals surface area contributed by atoms with Crippen molar-refractivity contribution in [1.29, 1.82) is 0 Å². The maximum atomic E-state index is 12.0. The Balaban J connectivity index is 2.07. The molecule has 5 nitrogen and oxygen atoms in total. The lowest BCUT2D eigenvalue weighted by molar-refractivity contribution is -0.214. The van der Waals surface area contributed by atoms with E-state index in [9.17, 15) is 4.79 Å². The van der Waals surface area contributed by atoms with E-state index in [1.54, 1.807) is 31.4 Å². The zero-order valence-corrected chi connectivity index (χ0v) is 10.3. The van der Waals surface area contributed by atoms with Crippen molar-refractivity contribution >= 4 is 5.97 Å². The minimum Gasteiger partial charge on any atom is -0.448 e. The van der Waals surface area contributed by atoms with Gasteiger partial charge in [-0.15, -0.1) is 0 Å². The number of esters is 1. The van der Waals surface area contributed by atoms with Crippen LogP contribution in [0.1, 0.15) is 10.4 Å². The van der Waals surface area contributed by atoms with Crippen LogP contribution in [0.15, 0.2) is 30.3 Å². The molecule has 98 valence electrons. The summed E-state index contributed by atoms with van der Waals surface area (Å²) in [5.74, 6) is -0.401. The second-order valence-corrected chi connectivity index (χ2v) is 4.19. The Morgan fingerprint density at radius 3 is 2.56 bits per heavy atom. The van der Waals surface area contributed by atoms with E-state index in [0.717, 1.165) is 0 Å². The summed E-state index contributed by atoms with van der Waals surface area (Å²) in [6.45, 7) is 1.01. The number of carbonyl (C=O) groups is 1. The Hall–Kier alpha value is -1.43. The molecule has 18 heavy (non-hydrogen) atoms. The summed E-state index contributed by atoms with van der Waals surface area (Å²) >= 11 is 0. The summed E-state index contributed by atoms with van der Waals surface area (Å²) < 4.78 is 21.0. The van der Waals surface area contributed by atoms with E-state index < -0.39 is 11.6 Å². The Kier molecular flexibility index (Phi) is 4.30. The Morgan fingerprint density at radius 2 is 1.94 bits per heavy atom. The highest BCUT2D eigenvalue weighted by Crippen LogP contribution is 2.19. The third-order valence-electron chi connectivity index (χ3n) is 2.62. The molecule has 1 fully saturated rings. The molecular formula is C13H16O5. The number of methoxy groups -OCH3 is 1. The zero-order chi connectivity index (χ0) is 12.8. The highest BCUT2D eigenvalue weighted by molar-refractivity contribution is 5.89. The van der Waals surface area contributed by atoms with Crippen LogP contribution in [0.3, 0.4) is 0 Å². The number of rotatable bonds is 4. The molecule has 0 saturated carbocycles. The minimum absolute atomic E-state index is 0.217. The van der Waals surface area contributed by atoms with Gasteiger partial charge in [0.05, 0.1) is 25.4 Å². The van der Waals surface area contributed by atoms with Crippen molar-refractivity contribution in [2.24, 2.45) is 0 Å². The van der Waals surface area contributed by atoms with Gasteiger partial charge in [-0.2, -0.15) is 0 Å². The summed E-state index contributed by atoms with van der Waals surface area (Å²) in [6.07, 6.45) is 0. The first-order valence-electron chi connectivity index (χ1n) is 5.69. The van der Waals surface area contributed by atoms with Gasteiger partial charge in [-0.25, -0.2) is 4.79 Å². The van der Waals surface area contributed by atoms with E-state index in [1.165, 1.54) is 0 Å². The van der Waals surface area contributed by atoms with Crippen LogP contribution in [-0.4, -0.2) is 45.3 Å². The van der Waals surface area contributed by atoms with E-state index in [2.05, 4.69) is 0 Å². The average molecular weight is 252 g/mol. The predicted octanol–water partition coefficient (Wildman–Crippen LogP) is 1.23. The molecule has 2 rings (SSSR count). The molecule has 5 heteroatoms. The molecule has 0 amide bonds. The quantitative estimate of drug-likeness (QED) is 0.754. The molecule has 1 saturated heterocycles. The van der Waals surface area contributed by atoms with Crippen molar-refractivity contribution in [2.75, 3.05) is 33.7 Å². The molecule has 1 heterocycles. The van der Waals surface area contributed by atoms with Gasteiger partial charge in [-0.05, 0) is 12.1 Å². The molecule has 1 aliphatic heterocycles. The highest BCUT2D eigenvalue weighted by Gasteiger charge is 2.38. The summed E-state index contributed by atoms with van der Waals surface area (Å²) in [4.78, 5) is 12.0. The highest BCUT2D eigenvalue weighted by atomic mass is 16.7. The van der Waals surface area contributed by atoms with Gasteiger partial charge in [-0.1, -0.05) is 18.2 Å². The van der Waals surface area contributed by atoms with Gasteiger partial charge < -0.3 is 18.9 Å². The van der Waals surface area contributed by atoms with Crippen LogP contribution in [0.5, 0.6) is 0 Å². The summed E-state index contributed by atoms with van der Waals surface area (Å²) in [5.41, 5.74) is -0.363. The maximum absolute atomic E-state index is 12.0. The van der Waals surface area contributed by atoms with Crippen LogP contribution >= 0.6 is 0 Å². The topological polar surface area (TPSA) is 54.0 Å². The van der Waals surface area contributed by atoms with Crippen LogP contribution in [0.25, 0.3) is 0 Å². The third-order valence-corrected chi connectivity index (χ3v) is 2.62. The van der Waals surface area contributed by atoms with Crippen LogP contribution in [0, 0.1) is 0 Å². The van der Waals surface area contributed by atoms with Gasteiger partial charge in [0.25, 0.3) is 0 Å². The molecule has 1 aliphatic rings. The fourth-order valence-electron chi connectivity index (χ4n) is 1.82. The van der Waals surface area contributed by atoms with Gasteiger partial charge in [0.1, 0.15) is 6.79 Å². The molecule has 0 unspecified atom stereocenters. The van der Waals surface area contributed by atoms with E-state index in [4.69, 9.17) is 18.9 Å². The molecule has 0 N–H and O–H groups in total. The fraction of sp³-hybridized carbons (Fsp3) is 0.462.